The third-order valence-corrected chi connectivity index (χ3v) is 2.73. The van der Waals surface area contributed by atoms with Gasteiger partial charge in [-0.2, -0.15) is 0 Å². The first-order valence-corrected chi connectivity index (χ1v) is 6.68. The molecule has 0 atom stereocenters. The Balaban J connectivity index is 2.83. The van der Waals surface area contributed by atoms with Crippen molar-refractivity contribution in [1.82, 2.24) is 0 Å². The van der Waals surface area contributed by atoms with Crippen molar-refractivity contribution < 1.29 is 14.3 Å². The van der Waals surface area contributed by atoms with Crippen LogP contribution in [-0.4, -0.2) is 31.3 Å². The Morgan fingerprint density at radius 1 is 1.30 bits per heavy atom. The first kappa shape index (κ1) is 16.3. The highest BCUT2D eigenvalue weighted by Gasteiger charge is 2.09. The number of hydrogen-bond acceptors (Lipinski definition) is 4. The summed E-state index contributed by atoms with van der Waals surface area (Å²) in [6, 6.07) is 4.94. The van der Waals surface area contributed by atoms with Crippen LogP contribution in [0.5, 0.6) is 5.75 Å². The summed E-state index contributed by atoms with van der Waals surface area (Å²) in [4.78, 5) is 22.9. The lowest BCUT2D eigenvalue weighted by atomic mass is 10.2. The summed E-state index contributed by atoms with van der Waals surface area (Å²) in [5.41, 5.74) is 6.38. The zero-order chi connectivity index (χ0) is 15.0. The largest absolute Gasteiger partial charge is 0.495 e. The Labute approximate surface area is 122 Å². The van der Waals surface area contributed by atoms with Gasteiger partial charge in [0.05, 0.1) is 12.8 Å². The van der Waals surface area contributed by atoms with Crippen molar-refractivity contribution in [3.05, 3.63) is 18.2 Å². The molecule has 1 aromatic rings. The molecule has 0 bridgehead atoms. The standard InChI is InChI=1S/C13H18ClN3O3/c1-20-11-5-4-9(16-13(19)8-14)7-10(11)17-12(18)3-2-6-15/h4-5,7H,2-3,6,8,15H2,1H3,(H,16,19)(H,17,18). The van der Waals surface area contributed by atoms with Gasteiger partial charge in [-0.15, -0.1) is 11.6 Å². The molecule has 0 saturated carbocycles. The number of methoxy groups -OCH3 is 1. The molecule has 0 fully saturated rings. The van der Waals surface area contributed by atoms with Crippen molar-refractivity contribution in [2.75, 3.05) is 30.2 Å². The number of nitrogens with one attached hydrogen (secondary N) is 2. The normalized spacial score (nSPS) is 9.95. The fraction of sp³-hybridized carbons (Fsp3) is 0.385. The third-order valence-electron chi connectivity index (χ3n) is 2.49. The maximum Gasteiger partial charge on any atom is 0.239 e. The molecule has 0 heterocycles. The van der Waals surface area contributed by atoms with Crippen LogP contribution in [0, 0.1) is 0 Å². The molecule has 0 aromatic heterocycles. The zero-order valence-electron chi connectivity index (χ0n) is 11.2. The van der Waals surface area contributed by atoms with Crippen molar-refractivity contribution >= 4 is 34.8 Å². The number of carbonyl (C=O) groups is 2. The van der Waals surface area contributed by atoms with Gasteiger partial charge < -0.3 is 21.1 Å². The first-order chi connectivity index (χ1) is 9.60. The average molecular weight is 300 g/mol. The monoisotopic (exact) mass is 299 g/mol. The van der Waals surface area contributed by atoms with E-state index >= 15 is 0 Å². The lowest BCUT2D eigenvalue weighted by molar-refractivity contribution is -0.116. The van der Waals surface area contributed by atoms with E-state index in [0.29, 0.717) is 36.5 Å². The molecule has 6 nitrogen and oxygen atoms in total. The summed E-state index contributed by atoms with van der Waals surface area (Å²) in [6.45, 7) is 0.455. The van der Waals surface area contributed by atoms with E-state index in [1.165, 1.54) is 7.11 Å². The van der Waals surface area contributed by atoms with E-state index in [1.807, 2.05) is 0 Å². The summed E-state index contributed by atoms with van der Waals surface area (Å²) in [7, 11) is 1.50. The maximum atomic E-state index is 11.7. The SMILES string of the molecule is COc1ccc(NC(=O)CCl)cc1NC(=O)CCCN. The Morgan fingerprint density at radius 3 is 2.65 bits per heavy atom. The Bertz CT molecular complexity index is 480. The van der Waals surface area contributed by atoms with E-state index < -0.39 is 0 Å². The smallest absolute Gasteiger partial charge is 0.239 e. The van der Waals surface area contributed by atoms with Crippen molar-refractivity contribution in [2.24, 2.45) is 5.73 Å². The van der Waals surface area contributed by atoms with E-state index in [2.05, 4.69) is 10.6 Å². The minimum absolute atomic E-state index is 0.135. The number of benzene rings is 1. The van der Waals surface area contributed by atoms with E-state index in [-0.39, 0.29) is 17.7 Å². The quantitative estimate of drug-likeness (QED) is 0.666. The summed E-state index contributed by atoms with van der Waals surface area (Å²) >= 11 is 5.42. The molecular weight excluding hydrogens is 282 g/mol. The summed E-state index contributed by atoms with van der Waals surface area (Å²) in [5.74, 6) is -0.105. The predicted octanol–water partition coefficient (Wildman–Crippen LogP) is 1.55. The number of carbonyl (C=O) groups excluding carboxylic acids is 2. The minimum atomic E-state index is -0.322. The van der Waals surface area contributed by atoms with Crippen LogP contribution in [0.1, 0.15) is 12.8 Å². The zero-order valence-corrected chi connectivity index (χ0v) is 12.0. The Kier molecular flexibility index (Phi) is 6.83. The van der Waals surface area contributed by atoms with Crippen molar-refractivity contribution in [1.29, 1.82) is 0 Å². The van der Waals surface area contributed by atoms with Gasteiger partial charge in [0.15, 0.2) is 0 Å². The van der Waals surface area contributed by atoms with Gasteiger partial charge in [0.25, 0.3) is 0 Å². The second kappa shape index (κ2) is 8.39. The number of alkyl halides is 1. The molecule has 20 heavy (non-hydrogen) atoms. The maximum absolute atomic E-state index is 11.7. The van der Waals surface area contributed by atoms with Gasteiger partial charge in [0.1, 0.15) is 11.6 Å². The molecule has 2 amide bonds. The van der Waals surface area contributed by atoms with Gasteiger partial charge >= 0.3 is 0 Å². The fourth-order valence-corrected chi connectivity index (χ4v) is 1.62. The Hall–Kier alpha value is -1.79. The molecule has 110 valence electrons. The number of hydrogen-bond donors (Lipinski definition) is 3. The fourth-order valence-electron chi connectivity index (χ4n) is 1.55. The number of halogens is 1. The summed E-state index contributed by atoms with van der Waals surface area (Å²) in [5, 5.41) is 5.33. The van der Waals surface area contributed by atoms with Gasteiger partial charge in [-0.3, -0.25) is 9.59 Å². The predicted molar refractivity (Wildman–Crippen MR) is 79.3 cm³/mol. The molecule has 1 rings (SSSR count). The minimum Gasteiger partial charge on any atom is -0.495 e. The molecule has 0 unspecified atom stereocenters. The highest BCUT2D eigenvalue weighted by molar-refractivity contribution is 6.29. The van der Waals surface area contributed by atoms with E-state index in [9.17, 15) is 9.59 Å². The lowest BCUT2D eigenvalue weighted by Gasteiger charge is -2.12. The van der Waals surface area contributed by atoms with Crippen LogP contribution in [0.15, 0.2) is 18.2 Å². The second-order valence-corrected chi connectivity index (χ2v) is 4.30. The van der Waals surface area contributed by atoms with Crippen molar-refractivity contribution in [3.8, 4) is 5.75 Å². The molecule has 7 heteroatoms. The molecule has 4 N–H and O–H groups in total. The van der Waals surface area contributed by atoms with Gasteiger partial charge in [0, 0.05) is 12.1 Å². The van der Waals surface area contributed by atoms with Crippen LogP contribution in [0.2, 0.25) is 0 Å². The van der Waals surface area contributed by atoms with Crippen LogP contribution < -0.4 is 21.1 Å². The van der Waals surface area contributed by atoms with Crippen LogP contribution in [0.4, 0.5) is 11.4 Å². The molecule has 0 spiro atoms. The van der Waals surface area contributed by atoms with Gasteiger partial charge in [-0.1, -0.05) is 0 Å². The molecule has 0 aliphatic heterocycles. The first-order valence-electron chi connectivity index (χ1n) is 6.14. The van der Waals surface area contributed by atoms with E-state index in [1.54, 1.807) is 18.2 Å². The number of amides is 2. The average Bonchev–Trinajstić information content (AvgIpc) is 2.45. The van der Waals surface area contributed by atoms with E-state index in [0.717, 1.165) is 0 Å². The van der Waals surface area contributed by atoms with E-state index in [4.69, 9.17) is 22.1 Å². The number of rotatable bonds is 7. The molecule has 0 aliphatic rings. The van der Waals surface area contributed by atoms with Crippen molar-refractivity contribution in [3.63, 3.8) is 0 Å². The number of ether oxygens (including phenoxy) is 1. The Morgan fingerprint density at radius 2 is 2.05 bits per heavy atom. The molecule has 0 saturated heterocycles. The van der Waals surface area contributed by atoms with Gasteiger partial charge in [-0.05, 0) is 31.2 Å². The van der Waals surface area contributed by atoms with Crippen LogP contribution in [0.3, 0.4) is 0 Å². The highest BCUT2D eigenvalue weighted by Crippen LogP contribution is 2.28. The second-order valence-electron chi connectivity index (χ2n) is 4.04. The van der Waals surface area contributed by atoms with Gasteiger partial charge in [-0.25, -0.2) is 0 Å². The summed E-state index contributed by atoms with van der Waals surface area (Å²) < 4.78 is 5.16. The van der Waals surface area contributed by atoms with Crippen LogP contribution >= 0.6 is 11.6 Å². The third kappa shape index (κ3) is 5.07. The van der Waals surface area contributed by atoms with Gasteiger partial charge in [0.2, 0.25) is 11.8 Å². The number of anilines is 2. The lowest BCUT2D eigenvalue weighted by Crippen LogP contribution is -2.15. The summed E-state index contributed by atoms with van der Waals surface area (Å²) in [6.07, 6.45) is 0.939. The molecular formula is C13H18ClN3O3. The molecule has 1 aromatic carbocycles. The van der Waals surface area contributed by atoms with Crippen LogP contribution in [0.25, 0.3) is 0 Å². The molecule has 0 aliphatic carbocycles. The molecule has 0 radical (unpaired) electrons. The highest BCUT2D eigenvalue weighted by atomic mass is 35.5. The number of nitrogens with two attached hydrogens (primary N) is 1. The topological polar surface area (TPSA) is 93.5 Å². The van der Waals surface area contributed by atoms with Crippen molar-refractivity contribution in [2.45, 2.75) is 12.8 Å². The van der Waals surface area contributed by atoms with Crippen LogP contribution in [-0.2, 0) is 9.59 Å².